The Bertz CT molecular complexity index is 670. The molecule has 3 rings (SSSR count). The molecule has 1 N–H and O–H groups in total. The van der Waals surface area contributed by atoms with Crippen LogP contribution >= 0.6 is 11.3 Å². The number of hydrogen-bond acceptors (Lipinski definition) is 4. The van der Waals surface area contributed by atoms with Gasteiger partial charge in [0.05, 0.1) is 24.1 Å². The number of aryl methyl sites for hydroxylation is 1. The number of thiophene rings is 1. The first kappa shape index (κ1) is 12.9. The average Bonchev–Trinajstić information content (AvgIpc) is 3.10. The van der Waals surface area contributed by atoms with Crippen LogP contribution < -0.4 is 5.32 Å². The van der Waals surface area contributed by atoms with Crippen LogP contribution in [-0.2, 0) is 0 Å². The van der Waals surface area contributed by atoms with Crippen molar-refractivity contribution in [2.45, 2.75) is 19.9 Å². The molecular formula is C15H16N4S. The minimum absolute atomic E-state index is 0.309. The van der Waals surface area contributed by atoms with Crippen molar-refractivity contribution in [3.63, 3.8) is 0 Å². The monoisotopic (exact) mass is 284 g/mol. The van der Waals surface area contributed by atoms with Crippen molar-refractivity contribution in [3.05, 3.63) is 58.5 Å². The second-order valence-corrected chi connectivity index (χ2v) is 5.65. The van der Waals surface area contributed by atoms with E-state index in [1.807, 2.05) is 12.1 Å². The predicted molar refractivity (Wildman–Crippen MR) is 82.5 cm³/mol. The van der Waals surface area contributed by atoms with Crippen molar-refractivity contribution in [3.8, 4) is 5.69 Å². The number of hydrogen-bond donors (Lipinski definition) is 1. The molecule has 0 aliphatic heterocycles. The average molecular weight is 284 g/mol. The molecule has 0 spiro atoms. The maximum atomic E-state index is 4.12. The summed E-state index contributed by atoms with van der Waals surface area (Å²) in [5, 5.41) is 13.9. The number of aromatic nitrogens is 3. The summed E-state index contributed by atoms with van der Waals surface area (Å²) in [7, 11) is 0. The minimum atomic E-state index is 0.309. The second-order valence-electron chi connectivity index (χ2n) is 4.70. The van der Waals surface area contributed by atoms with E-state index in [1.165, 1.54) is 10.4 Å². The molecule has 1 aromatic carbocycles. The Morgan fingerprint density at radius 3 is 2.40 bits per heavy atom. The molecule has 0 saturated heterocycles. The van der Waals surface area contributed by atoms with Gasteiger partial charge in [0.2, 0.25) is 0 Å². The van der Waals surface area contributed by atoms with E-state index in [0.717, 1.165) is 11.4 Å². The molecule has 1 atom stereocenters. The van der Waals surface area contributed by atoms with E-state index in [4.69, 9.17) is 0 Å². The largest absolute Gasteiger partial charge is 0.378 e. The molecule has 0 saturated carbocycles. The van der Waals surface area contributed by atoms with Gasteiger partial charge in [-0.3, -0.25) is 0 Å². The highest BCUT2D eigenvalue weighted by Crippen LogP contribution is 2.27. The van der Waals surface area contributed by atoms with E-state index < -0.39 is 0 Å². The van der Waals surface area contributed by atoms with Gasteiger partial charge in [0.15, 0.2) is 0 Å². The molecule has 5 heteroatoms. The molecule has 0 bridgehead atoms. The smallest absolute Gasteiger partial charge is 0.0858 e. The molecule has 20 heavy (non-hydrogen) atoms. The topological polar surface area (TPSA) is 42.7 Å². The van der Waals surface area contributed by atoms with Crippen LogP contribution in [0.15, 0.2) is 48.1 Å². The Balaban J connectivity index is 1.74. The molecule has 0 aliphatic carbocycles. The highest BCUT2D eigenvalue weighted by molar-refractivity contribution is 7.10. The number of nitrogens with zero attached hydrogens (tertiary/aromatic N) is 3. The van der Waals surface area contributed by atoms with Crippen LogP contribution in [0.2, 0.25) is 0 Å². The Morgan fingerprint density at radius 1 is 1.10 bits per heavy atom. The fourth-order valence-electron chi connectivity index (χ4n) is 2.18. The summed E-state index contributed by atoms with van der Waals surface area (Å²) >= 11 is 1.79. The zero-order valence-corrected chi connectivity index (χ0v) is 12.3. The van der Waals surface area contributed by atoms with Crippen LogP contribution in [0.4, 0.5) is 5.69 Å². The number of anilines is 1. The zero-order chi connectivity index (χ0) is 13.9. The number of benzene rings is 1. The van der Waals surface area contributed by atoms with Gasteiger partial charge in [0.1, 0.15) is 0 Å². The summed E-state index contributed by atoms with van der Waals surface area (Å²) in [5.41, 5.74) is 3.40. The number of nitrogens with one attached hydrogen (secondary N) is 1. The van der Waals surface area contributed by atoms with Crippen LogP contribution in [0.5, 0.6) is 0 Å². The van der Waals surface area contributed by atoms with E-state index in [2.05, 4.69) is 52.9 Å². The minimum Gasteiger partial charge on any atom is -0.378 e. The zero-order valence-electron chi connectivity index (χ0n) is 11.4. The fourth-order valence-corrected chi connectivity index (χ4v) is 3.12. The lowest BCUT2D eigenvalue weighted by molar-refractivity contribution is 0.752. The molecule has 1 unspecified atom stereocenters. The molecular weight excluding hydrogens is 268 g/mol. The maximum Gasteiger partial charge on any atom is 0.0858 e. The van der Waals surface area contributed by atoms with Gasteiger partial charge in [-0.25, -0.2) is 0 Å². The van der Waals surface area contributed by atoms with Gasteiger partial charge in [-0.2, -0.15) is 15.0 Å². The third-order valence-electron chi connectivity index (χ3n) is 3.20. The quantitative estimate of drug-likeness (QED) is 0.792. The van der Waals surface area contributed by atoms with Crippen LogP contribution in [-0.4, -0.2) is 15.0 Å². The number of rotatable bonds is 4. The van der Waals surface area contributed by atoms with Crippen LogP contribution in [0.1, 0.15) is 23.4 Å². The molecule has 0 radical (unpaired) electrons. The first-order valence-corrected chi connectivity index (χ1v) is 7.39. The summed E-state index contributed by atoms with van der Waals surface area (Å²) in [5.74, 6) is 0. The normalized spacial score (nSPS) is 12.3. The Hall–Kier alpha value is -2.14. The van der Waals surface area contributed by atoms with Crippen molar-refractivity contribution >= 4 is 17.0 Å². The van der Waals surface area contributed by atoms with Gasteiger partial charge in [-0.1, -0.05) is 0 Å². The third-order valence-corrected chi connectivity index (χ3v) is 4.40. The molecule has 2 heterocycles. The van der Waals surface area contributed by atoms with E-state index >= 15 is 0 Å². The summed E-state index contributed by atoms with van der Waals surface area (Å²) in [4.78, 5) is 2.99. The van der Waals surface area contributed by atoms with E-state index in [9.17, 15) is 0 Å². The van der Waals surface area contributed by atoms with Crippen LogP contribution in [0, 0.1) is 6.92 Å². The molecule has 0 amide bonds. The van der Waals surface area contributed by atoms with E-state index in [1.54, 1.807) is 28.5 Å². The Morgan fingerprint density at radius 2 is 1.80 bits per heavy atom. The van der Waals surface area contributed by atoms with Crippen LogP contribution in [0.3, 0.4) is 0 Å². The van der Waals surface area contributed by atoms with Crippen molar-refractivity contribution in [1.29, 1.82) is 0 Å². The van der Waals surface area contributed by atoms with Crippen LogP contribution in [0.25, 0.3) is 5.69 Å². The third kappa shape index (κ3) is 2.58. The highest BCUT2D eigenvalue weighted by Gasteiger charge is 2.09. The SMILES string of the molecule is Cc1ccsc1C(C)Nc1ccc(-n2nccn2)cc1. The van der Waals surface area contributed by atoms with E-state index in [0.29, 0.717) is 6.04 Å². The lowest BCUT2D eigenvalue weighted by Gasteiger charge is -2.15. The fraction of sp³-hybridized carbons (Fsp3) is 0.200. The maximum absolute atomic E-state index is 4.12. The Kier molecular flexibility index (Phi) is 3.52. The molecule has 4 nitrogen and oxygen atoms in total. The summed E-state index contributed by atoms with van der Waals surface area (Å²) in [6.45, 7) is 4.33. The molecule has 102 valence electrons. The second kappa shape index (κ2) is 5.46. The first-order valence-electron chi connectivity index (χ1n) is 6.51. The van der Waals surface area contributed by atoms with Gasteiger partial charge in [0, 0.05) is 10.6 Å². The highest BCUT2D eigenvalue weighted by atomic mass is 32.1. The Labute approximate surface area is 122 Å². The van der Waals surface area contributed by atoms with Crippen molar-refractivity contribution < 1.29 is 0 Å². The summed E-state index contributed by atoms with van der Waals surface area (Å²) < 4.78 is 0. The van der Waals surface area contributed by atoms with Gasteiger partial charge in [0.25, 0.3) is 0 Å². The van der Waals surface area contributed by atoms with Gasteiger partial charge >= 0.3 is 0 Å². The summed E-state index contributed by atoms with van der Waals surface area (Å²) in [6.07, 6.45) is 3.35. The van der Waals surface area contributed by atoms with Gasteiger partial charge in [-0.15, -0.1) is 11.3 Å². The molecule has 2 aromatic heterocycles. The van der Waals surface area contributed by atoms with Crippen molar-refractivity contribution in [1.82, 2.24) is 15.0 Å². The first-order chi connectivity index (χ1) is 9.74. The van der Waals surface area contributed by atoms with Gasteiger partial charge < -0.3 is 5.32 Å². The van der Waals surface area contributed by atoms with Crippen molar-refractivity contribution in [2.24, 2.45) is 0 Å². The van der Waals surface area contributed by atoms with E-state index in [-0.39, 0.29) is 0 Å². The van der Waals surface area contributed by atoms with Crippen molar-refractivity contribution in [2.75, 3.05) is 5.32 Å². The standard InChI is InChI=1S/C15H16N4S/c1-11-7-10-20-15(11)12(2)18-13-3-5-14(6-4-13)19-16-8-9-17-19/h3-10,12,18H,1-2H3. The predicted octanol–water partition coefficient (Wildman–Crippen LogP) is 3.81. The molecule has 0 aliphatic rings. The lowest BCUT2D eigenvalue weighted by atomic mass is 10.2. The lowest BCUT2D eigenvalue weighted by Crippen LogP contribution is -2.06. The molecule has 0 fully saturated rings. The van der Waals surface area contributed by atoms with Gasteiger partial charge in [-0.05, 0) is 55.1 Å². The summed E-state index contributed by atoms with van der Waals surface area (Å²) in [6, 6.07) is 10.6. The molecule has 3 aromatic rings.